The Morgan fingerprint density at radius 2 is 2.14 bits per heavy atom. The number of carbonyl (C=O) groups excluding carboxylic acids is 1. The summed E-state index contributed by atoms with van der Waals surface area (Å²) in [4.78, 5) is 31.6. The average Bonchev–Trinajstić information content (AvgIpc) is 2.52. The summed E-state index contributed by atoms with van der Waals surface area (Å²) in [6.45, 7) is 1.85. The molecule has 0 saturated heterocycles. The van der Waals surface area contributed by atoms with Crippen LogP contribution in [-0.2, 0) is 4.74 Å². The number of nitrogens with zero attached hydrogens (tertiary/aromatic N) is 1. The van der Waals surface area contributed by atoms with Crippen LogP contribution in [0.4, 0.5) is 0 Å². The van der Waals surface area contributed by atoms with Crippen LogP contribution in [0.1, 0.15) is 17.3 Å². The number of nitrogens with one attached hydrogen (secondary N) is 1. The van der Waals surface area contributed by atoms with E-state index in [0.29, 0.717) is 16.4 Å². The van der Waals surface area contributed by atoms with Crippen LogP contribution in [0.3, 0.4) is 0 Å². The molecule has 22 heavy (non-hydrogen) atoms. The largest absolute Gasteiger partial charge is 0.462 e. The molecule has 0 saturated carbocycles. The van der Waals surface area contributed by atoms with Gasteiger partial charge in [-0.3, -0.25) is 9.78 Å². The molecule has 112 valence electrons. The van der Waals surface area contributed by atoms with Crippen molar-refractivity contribution < 1.29 is 9.53 Å². The summed E-state index contributed by atoms with van der Waals surface area (Å²) >= 11 is 12.4. The van der Waals surface area contributed by atoms with Gasteiger partial charge in [-0.15, -0.1) is 0 Å². The summed E-state index contributed by atoms with van der Waals surface area (Å²) in [5, 5.41) is 1.24. The zero-order chi connectivity index (χ0) is 15.9. The minimum Gasteiger partial charge on any atom is -0.462 e. The number of ether oxygens (including phenoxy) is 1. The summed E-state index contributed by atoms with van der Waals surface area (Å²) < 4.78 is 4.89. The topological polar surface area (TPSA) is 72.1 Å². The van der Waals surface area contributed by atoms with Gasteiger partial charge in [0.1, 0.15) is 5.56 Å². The van der Waals surface area contributed by atoms with Crippen molar-refractivity contribution in [2.45, 2.75) is 6.92 Å². The van der Waals surface area contributed by atoms with E-state index in [4.69, 9.17) is 27.9 Å². The molecule has 0 aliphatic rings. The third-order valence-electron chi connectivity index (χ3n) is 3.28. The number of aromatic nitrogens is 2. The van der Waals surface area contributed by atoms with Gasteiger partial charge in [-0.2, -0.15) is 0 Å². The Balaban J connectivity index is 2.49. The van der Waals surface area contributed by atoms with Crippen molar-refractivity contribution in [2.75, 3.05) is 6.61 Å². The minimum atomic E-state index is -0.686. The lowest BCUT2D eigenvalue weighted by atomic mass is 10.1. The van der Waals surface area contributed by atoms with Gasteiger partial charge in [0.05, 0.1) is 33.1 Å². The highest BCUT2D eigenvalue weighted by atomic mass is 35.5. The van der Waals surface area contributed by atoms with Crippen molar-refractivity contribution in [3.63, 3.8) is 0 Å². The lowest BCUT2D eigenvalue weighted by molar-refractivity contribution is 0.0524. The Bertz CT molecular complexity index is 966. The number of fused-ring (bicyclic) bond motifs is 3. The molecule has 0 spiro atoms. The quantitative estimate of drug-likeness (QED) is 0.573. The molecular formula is C15H10Cl2N2O3. The average molecular weight is 337 g/mol. The summed E-state index contributed by atoms with van der Waals surface area (Å²) in [6.07, 6.45) is 2.84. The highest BCUT2D eigenvalue weighted by Crippen LogP contribution is 2.35. The number of hydrogen-bond acceptors (Lipinski definition) is 4. The van der Waals surface area contributed by atoms with Crippen molar-refractivity contribution in [3.8, 4) is 0 Å². The zero-order valence-corrected chi connectivity index (χ0v) is 13.0. The minimum absolute atomic E-state index is 0.0853. The van der Waals surface area contributed by atoms with Gasteiger partial charge < -0.3 is 9.72 Å². The van der Waals surface area contributed by atoms with Gasteiger partial charge in [0.2, 0.25) is 5.43 Å². The first-order chi connectivity index (χ1) is 10.6. The molecule has 0 unspecified atom stereocenters. The van der Waals surface area contributed by atoms with Crippen molar-refractivity contribution in [1.82, 2.24) is 9.97 Å². The predicted molar refractivity (Wildman–Crippen MR) is 85.8 cm³/mol. The van der Waals surface area contributed by atoms with Crippen molar-refractivity contribution >= 4 is 51.0 Å². The zero-order valence-electron chi connectivity index (χ0n) is 11.4. The molecule has 2 heterocycles. The van der Waals surface area contributed by atoms with Gasteiger partial charge in [-0.05, 0) is 13.0 Å². The SMILES string of the molecule is CCOC(=O)c1c[nH]c2c(Cl)c(Cl)c3ncccc3c2c1=O. The van der Waals surface area contributed by atoms with E-state index in [1.807, 2.05) is 0 Å². The summed E-state index contributed by atoms with van der Waals surface area (Å²) in [5.74, 6) is -0.686. The second-order valence-corrected chi connectivity index (χ2v) is 5.29. The van der Waals surface area contributed by atoms with Crippen molar-refractivity contribution in [2.24, 2.45) is 0 Å². The van der Waals surface area contributed by atoms with E-state index < -0.39 is 11.4 Å². The van der Waals surface area contributed by atoms with E-state index in [-0.39, 0.29) is 27.6 Å². The Morgan fingerprint density at radius 1 is 1.36 bits per heavy atom. The van der Waals surface area contributed by atoms with Gasteiger partial charge in [0.15, 0.2) is 0 Å². The molecule has 5 nitrogen and oxygen atoms in total. The van der Waals surface area contributed by atoms with Gasteiger partial charge >= 0.3 is 5.97 Å². The Morgan fingerprint density at radius 3 is 2.86 bits per heavy atom. The molecule has 0 radical (unpaired) electrons. The van der Waals surface area contributed by atoms with E-state index in [9.17, 15) is 9.59 Å². The second-order valence-electron chi connectivity index (χ2n) is 4.53. The van der Waals surface area contributed by atoms with Crippen LogP contribution >= 0.6 is 23.2 Å². The van der Waals surface area contributed by atoms with Gasteiger partial charge in [0.25, 0.3) is 0 Å². The molecule has 1 N–H and O–H groups in total. The second kappa shape index (κ2) is 5.59. The maximum absolute atomic E-state index is 12.7. The fourth-order valence-corrected chi connectivity index (χ4v) is 2.80. The molecular weight excluding hydrogens is 327 g/mol. The van der Waals surface area contributed by atoms with Gasteiger partial charge in [0, 0.05) is 17.8 Å². The van der Waals surface area contributed by atoms with Crippen molar-refractivity contribution in [3.05, 3.63) is 50.4 Å². The maximum Gasteiger partial charge on any atom is 0.343 e. The first kappa shape index (κ1) is 14.8. The van der Waals surface area contributed by atoms with E-state index in [0.717, 1.165) is 0 Å². The van der Waals surface area contributed by atoms with Crippen LogP contribution in [-0.4, -0.2) is 22.5 Å². The lowest BCUT2D eigenvalue weighted by Crippen LogP contribution is -2.18. The number of pyridine rings is 2. The molecule has 3 aromatic rings. The standard InChI is InChI=1S/C15H10Cl2N2O3/c1-2-22-15(21)8-6-19-13-9(14(8)20)7-4-3-5-18-12(7)10(16)11(13)17/h3-6H,2H2,1H3,(H,19,20). The number of carbonyl (C=O) groups is 1. The Labute approximate surface area is 134 Å². The summed E-state index contributed by atoms with van der Waals surface area (Å²) in [6, 6.07) is 3.39. The molecule has 0 atom stereocenters. The van der Waals surface area contributed by atoms with Crippen molar-refractivity contribution in [1.29, 1.82) is 0 Å². The van der Waals surface area contributed by atoms with Crippen LogP contribution in [0, 0.1) is 0 Å². The molecule has 2 aromatic heterocycles. The Kier molecular flexibility index (Phi) is 3.76. The van der Waals surface area contributed by atoms with E-state index in [1.54, 1.807) is 25.3 Å². The predicted octanol–water partition coefficient (Wildman–Crippen LogP) is 3.56. The molecule has 0 bridgehead atoms. The third-order valence-corrected chi connectivity index (χ3v) is 4.12. The maximum atomic E-state index is 12.7. The van der Waals surface area contributed by atoms with Crippen LogP contribution in [0.25, 0.3) is 21.8 Å². The van der Waals surface area contributed by atoms with E-state index in [2.05, 4.69) is 9.97 Å². The number of H-pyrrole nitrogens is 1. The molecule has 0 aliphatic carbocycles. The molecule has 0 amide bonds. The number of halogens is 2. The van der Waals surface area contributed by atoms with Crippen LogP contribution in [0.5, 0.6) is 0 Å². The number of benzene rings is 1. The molecule has 0 fully saturated rings. The fourth-order valence-electron chi connectivity index (χ4n) is 2.32. The molecule has 3 rings (SSSR count). The smallest absolute Gasteiger partial charge is 0.343 e. The third kappa shape index (κ3) is 2.14. The number of rotatable bonds is 2. The molecule has 7 heteroatoms. The molecule has 1 aromatic carbocycles. The first-order valence-corrected chi connectivity index (χ1v) is 7.26. The highest BCUT2D eigenvalue weighted by Gasteiger charge is 2.20. The van der Waals surface area contributed by atoms with E-state index >= 15 is 0 Å². The monoisotopic (exact) mass is 336 g/mol. The fraction of sp³-hybridized carbons (Fsp3) is 0.133. The summed E-state index contributed by atoms with van der Waals surface area (Å²) in [7, 11) is 0. The summed E-state index contributed by atoms with van der Waals surface area (Å²) in [5.41, 5.74) is 0.222. The highest BCUT2D eigenvalue weighted by molar-refractivity contribution is 6.48. The molecule has 0 aliphatic heterocycles. The first-order valence-electron chi connectivity index (χ1n) is 6.50. The van der Waals surface area contributed by atoms with Crippen LogP contribution in [0.15, 0.2) is 29.3 Å². The lowest BCUT2D eigenvalue weighted by Gasteiger charge is -2.09. The normalized spacial score (nSPS) is 11.0. The number of aromatic amines is 1. The van der Waals surface area contributed by atoms with Gasteiger partial charge in [-0.1, -0.05) is 29.3 Å². The van der Waals surface area contributed by atoms with Crippen LogP contribution in [0.2, 0.25) is 10.0 Å². The van der Waals surface area contributed by atoms with Gasteiger partial charge in [-0.25, -0.2) is 4.79 Å². The van der Waals surface area contributed by atoms with E-state index in [1.165, 1.54) is 6.20 Å². The van der Waals surface area contributed by atoms with Crippen LogP contribution < -0.4 is 5.43 Å². The number of esters is 1. The number of hydrogen-bond donors (Lipinski definition) is 1. The Hall–Kier alpha value is -2.11.